The molecule has 1 heterocycles. The highest BCUT2D eigenvalue weighted by atomic mass is 16.4. The van der Waals surface area contributed by atoms with E-state index >= 15 is 0 Å². The molecule has 2 aromatic rings. The highest BCUT2D eigenvalue weighted by molar-refractivity contribution is 5.80. The summed E-state index contributed by atoms with van der Waals surface area (Å²) < 4.78 is 1.81. The highest BCUT2D eigenvalue weighted by Gasteiger charge is 2.19. The van der Waals surface area contributed by atoms with E-state index in [9.17, 15) is 0 Å². The topological polar surface area (TPSA) is 89.3 Å². The van der Waals surface area contributed by atoms with Crippen molar-refractivity contribution in [2.45, 2.75) is 26.3 Å². The summed E-state index contributed by atoms with van der Waals surface area (Å²) in [5.74, 6) is 1.68. The van der Waals surface area contributed by atoms with Crippen LogP contribution in [0.25, 0.3) is 0 Å². The van der Waals surface area contributed by atoms with E-state index in [1.54, 1.807) is 0 Å². The second-order valence-corrected chi connectivity index (χ2v) is 4.37. The van der Waals surface area contributed by atoms with Gasteiger partial charge in [-0.25, -0.2) is 9.67 Å². The molecule has 19 heavy (non-hydrogen) atoms. The molecule has 1 unspecified atom stereocenters. The summed E-state index contributed by atoms with van der Waals surface area (Å²) in [6.45, 7) is 3.73. The fourth-order valence-corrected chi connectivity index (χ4v) is 2.09. The number of amidine groups is 1. The Labute approximate surface area is 111 Å². The van der Waals surface area contributed by atoms with Crippen LogP contribution in [0.3, 0.4) is 0 Å². The molecule has 0 spiro atoms. The molecule has 0 aliphatic heterocycles. The zero-order valence-electron chi connectivity index (χ0n) is 11.0. The van der Waals surface area contributed by atoms with Crippen LogP contribution in [0.5, 0.6) is 0 Å². The van der Waals surface area contributed by atoms with E-state index in [4.69, 9.17) is 10.9 Å². The zero-order valence-corrected chi connectivity index (χ0v) is 11.0. The third-order valence-corrected chi connectivity index (χ3v) is 2.92. The van der Waals surface area contributed by atoms with Gasteiger partial charge in [0.25, 0.3) is 0 Å². The van der Waals surface area contributed by atoms with E-state index in [2.05, 4.69) is 15.2 Å². The number of benzene rings is 1. The minimum atomic E-state index is -0.127. The number of aryl methyl sites for hydroxylation is 2. The van der Waals surface area contributed by atoms with E-state index in [0.717, 1.165) is 11.4 Å². The van der Waals surface area contributed by atoms with E-state index in [-0.39, 0.29) is 11.9 Å². The molecule has 0 fully saturated rings. The van der Waals surface area contributed by atoms with Crippen LogP contribution >= 0.6 is 0 Å². The fraction of sp³-hybridized carbons (Fsp3) is 0.308. The highest BCUT2D eigenvalue weighted by Crippen LogP contribution is 2.22. The molecule has 0 bridgehead atoms. The van der Waals surface area contributed by atoms with Gasteiger partial charge in [-0.15, -0.1) is 0 Å². The Hall–Kier alpha value is -2.37. The van der Waals surface area contributed by atoms with Gasteiger partial charge >= 0.3 is 0 Å². The minimum absolute atomic E-state index is 0.127. The maximum absolute atomic E-state index is 8.77. The van der Waals surface area contributed by atoms with Gasteiger partial charge in [-0.3, -0.25) is 0 Å². The van der Waals surface area contributed by atoms with Gasteiger partial charge in [0.15, 0.2) is 0 Å². The van der Waals surface area contributed by atoms with Crippen LogP contribution in [0.2, 0.25) is 0 Å². The number of nitrogens with two attached hydrogens (primary N) is 1. The summed E-state index contributed by atoms with van der Waals surface area (Å²) >= 11 is 0. The second kappa shape index (κ2) is 5.51. The Morgan fingerprint density at radius 2 is 2.05 bits per heavy atom. The van der Waals surface area contributed by atoms with Crippen LogP contribution in [-0.4, -0.2) is 25.8 Å². The summed E-state index contributed by atoms with van der Waals surface area (Å²) in [6, 6.07) is 9.71. The van der Waals surface area contributed by atoms with Crippen molar-refractivity contribution >= 4 is 5.84 Å². The van der Waals surface area contributed by atoms with Crippen molar-refractivity contribution in [2.24, 2.45) is 10.9 Å². The van der Waals surface area contributed by atoms with Crippen LogP contribution in [-0.2, 0) is 0 Å². The molecule has 1 aromatic carbocycles. The van der Waals surface area contributed by atoms with Crippen molar-refractivity contribution in [1.82, 2.24) is 14.8 Å². The van der Waals surface area contributed by atoms with E-state index in [1.165, 1.54) is 0 Å². The average Bonchev–Trinajstić information content (AvgIpc) is 2.75. The predicted octanol–water partition coefficient (Wildman–Crippen LogP) is 1.62. The van der Waals surface area contributed by atoms with Gasteiger partial charge in [-0.1, -0.05) is 35.5 Å². The molecule has 2 rings (SSSR count). The number of rotatable bonds is 4. The Balaban J connectivity index is 2.43. The summed E-state index contributed by atoms with van der Waals surface area (Å²) in [5, 5.41) is 16.2. The Kier molecular flexibility index (Phi) is 3.79. The smallest absolute Gasteiger partial charge is 0.147 e. The molecule has 100 valence electrons. The SMILES string of the molecule is Cc1nc(C)n(C(CC(N)=NO)c2ccccc2)n1. The summed E-state index contributed by atoms with van der Waals surface area (Å²) in [6.07, 6.45) is 0.379. The van der Waals surface area contributed by atoms with Crippen molar-refractivity contribution in [1.29, 1.82) is 0 Å². The lowest BCUT2D eigenvalue weighted by Gasteiger charge is -2.18. The summed E-state index contributed by atoms with van der Waals surface area (Å²) in [5.41, 5.74) is 6.69. The summed E-state index contributed by atoms with van der Waals surface area (Å²) in [7, 11) is 0. The van der Waals surface area contributed by atoms with Gasteiger partial charge in [0.05, 0.1) is 6.04 Å². The fourth-order valence-electron chi connectivity index (χ4n) is 2.09. The lowest BCUT2D eigenvalue weighted by atomic mass is 10.0. The first-order valence-electron chi connectivity index (χ1n) is 6.03. The van der Waals surface area contributed by atoms with Gasteiger partial charge in [0, 0.05) is 6.42 Å². The third kappa shape index (κ3) is 2.90. The van der Waals surface area contributed by atoms with Crippen molar-refractivity contribution in [3.63, 3.8) is 0 Å². The molecule has 0 aliphatic rings. The standard InChI is InChI=1S/C13H17N5O/c1-9-15-10(2)18(16-9)12(8-13(14)17-19)11-6-4-3-5-7-11/h3-7,12,19H,8H2,1-2H3,(H2,14,17). The first kappa shape index (κ1) is 13.1. The van der Waals surface area contributed by atoms with Crippen molar-refractivity contribution in [3.05, 3.63) is 47.5 Å². The monoisotopic (exact) mass is 259 g/mol. The Morgan fingerprint density at radius 3 is 2.58 bits per heavy atom. The molecule has 0 amide bonds. The molecule has 1 aromatic heterocycles. The molecule has 6 heteroatoms. The number of hydrogen-bond acceptors (Lipinski definition) is 4. The maximum Gasteiger partial charge on any atom is 0.147 e. The van der Waals surface area contributed by atoms with Gasteiger partial charge in [-0.05, 0) is 19.4 Å². The minimum Gasteiger partial charge on any atom is -0.409 e. The molecule has 0 saturated carbocycles. The molecule has 0 saturated heterocycles. The first-order valence-corrected chi connectivity index (χ1v) is 6.03. The van der Waals surface area contributed by atoms with Crippen molar-refractivity contribution in [3.8, 4) is 0 Å². The molecular formula is C13H17N5O. The Morgan fingerprint density at radius 1 is 1.37 bits per heavy atom. The third-order valence-electron chi connectivity index (χ3n) is 2.92. The van der Waals surface area contributed by atoms with Gasteiger partial charge < -0.3 is 10.9 Å². The number of aromatic nitrogens is 3. The van der Waals surface area contributed by atoms with E-state index in [1.807, 2.05) is 48.9 Å². The average molecular weight is 259 g/mol. The lowest BCUT2D eigenvalue weighted by Crippen LogP contribution is -2.22. The largest absolute Gasteiger partial charge is 0.409 e. The predicted molar refractivity (Wildman–Crippen MR) is 72.1 cm³/mol. The Bertz CT molecular complexity index is 576. The van der Waals surface area contributed by atoms with Gasteiger partial charge in [0.2, 0.25) is 0 Å². The molecule has 0 aliphatic carbocycles. The number of oxime groups is 1. The normalized spacial score (nSPS) is 13.5. The van der Waals surface area contributed by atoms with Gasteiger partial charge in [-0.2, -0.15) is 5.10 Å². The quantitative estimate of drug-likeness (QED) is 0.378. The summed E-state index contributed by atoms with van der Waals surface area (Å²) in [4.78, 5) is 4.30. The zero-order chi connectivity index (χ0) is 13.8. The second-order valence-electron chi connectivity index (χ2n) is 4.37. The molecule has 3 N–H and O–H groups in total. The van der Waals surface area contributed by atoms with Crippen LogP contribution in [0.4, 0.5) is 0 Å². The number of nitrogens with zero attached hydrogens (tertiary/aromatic N) is 4. The van der Waals surface area contributed by atoms with Crippen LogP contribution in [0, 0.1) is 13.8 Å². The van der Waals surface area contributed by atoms with Crippen LogP contribution < -0.4 is 5.73 Å². The maximum atomic E-state index is 8.77. The first-order chi connectivity index (χ1) is 9.11. The van der Waals surface area contributed by atoms with Crippen LogP contribution in [0.15, 0.2) is 35.5 Å². The molecule has 0 radical (unpaired) electrons. The van der Waals surface area contributed by atoms with Crippen molar-refractivity contribution < 1.29 is 5.21 Å². The lowest BCUT2D eigenvalue weighted by molar-refractivity contribution is 0.315. The van der Waals surface area contributed by atoms with Gasteiger partial charge in [0.1, 0.15) is 17.5 Å². The molecular weight excluding hydrogens is 242 g/mol. The number of hydrogen-bond donors (Lipinski definition) is 2. The van der Waals surface area contributed by atoms with E-state index in [0.29, 0.717) is 12.2 Å². The van der Waals surface area contributed by atoms with E-state index < -0.39 is 0 Å². The molecule has 1 atom stereocenters. The van der Waals surface area contributed by atoms with Crippen molar-refractivity contribution in [2.75, 3.05) is 0 Å². The van der Waals surface area contributed by atoms with Crippen LogP contribution in [0.1, 0.15) is 29.7 Å². The molecule has 6 nitrogen and oxygen atoms in total.